The van der Waals surface area contributed by atoms with Crippen LogP contribution in [-0.4, -0.2) is 41.9 Å². The molecule has 1 saturated heterocycles. The number of nitrogens with zero attached hydrogens (tertiary/aromatic N) is 1. The average molecular weight is 363 g/mol. The van der Waals surface area contributed by atoms with Gasteiger partial charge in [0.15, 0.2) is 0 Å². The molecule has 144 valence electrons. The molecule has 6 nitrogen and oxygen atoms in total. The summed E-state index contributed by atoms with van der Waals surface area (Å²) in [6.07, 6.45) is -0.0216. The van der Waals surface area contributed by atoms with Crippen molar-refractivity contribution in [3.63, 3.8) is 0 Å². The summed E-state index contributed by atoms with van der Waals surface area (Å²) in [6.45, 7) is 7.99. The molecule has 0 saturated carbocycles. The van der Waals surface area contributed by atoms with Crippen molar-refractivity contribution >= 4 is 12.1 Å². The molecule has 1 aliphatic heterocycles. The summed E-state index contributed by atoms with van der Waals surface area (Å²) < 4.78 is 16.4. The lowest BCUT2D eigenvalue weighted by atomic mass is 9.96. The maximum Gasteiger partial charge on any atom is 0.412 e. The lowest BCUT2D eigenvalue weighted by Crippen LogP contribution is -2.49. The third kappa shape index (κ3) is 4.97. The normalized spacial score (nSPS) is 21.7. The van der Waals surface area contributed by atoms with E-state index >= 15 is 0 Å². The van der Waals surface area contributed by atoms with Gasteiger partial charge in [-0.2, -0.15) is 0 Å². The SMILES string of the molecule is COC(=O)C[C@@H]1OC(C)(C)N(C(=O)OCc2ccccc2)[C@H]1CC(C)C. The van der Waals surface area contributed by atoms with Crippen LogP contribution in [0.1, 0.15) is 46.1 Å². The number of hydrogen-bond donors (Lipinski definition) is 0. The van der Waals surface area contributed by atoms with Crippen molar-refractivity contribution in [2.45, 2.75) is 65.0 Å². The van der Waals surface area contributed by atoms with Crippen molar-refractivity contribution in [3.05, 3.63) is 35.9 Å². The molecule has 1 amide bonds. The first-order chi connectivity index (χ1) is 12.2. The first-order valence-corrected chi connectivity index (χ1v) is 8.99. The molecule has 0 aliphatic carbocycles. The van der Waals surface area contributed by atoms with Crippen LogP contribution in [-0.2, 0) is 25.6 Å². The molecular formula is C20H29NO5. The highest BCUT2D eigenvalue weighted by atomic mass is 16.6. The number of amides is 1. The van der Waals surface area contributed by atoms with Crippen molar-refractivity contribution in [2.24, 2.45) is 5.92 Å². The van der Waals surface area contributed by atoms with E-state index in [9.17, 15) is 9.59 Å². The lowest BCUT2D eigenvalue weighted by molar-refractivity contribution is -0.145. The quantitative estimate of drug-likeness (QED) is 0.721. The second-order valence-corrected chi connectivity index (χ2v) is 7.49. The molecule has 0 aromatic heterocycles. The predicted molar refractivity (Wildman–Crippen MR) is 97.3 cm³/mol. The Morgan fingerprint density at radius 1 is 1.23 bits per heavy atom. The van der Waals surface area contributed by atoms with E-state index in [2.05, 4.69) is 13.8 Å². The van der Waals surface area contributed by atoms with Gasteiger partial charge in [-0.15, -0.1) is 0 Å². The van der Waals surface area contributed by atoms with Gasteiger partial charge < -0.3 is 14.2 Å². The Bertz CT molecular complexity index is 614. The van der Waals surface area contributed by atoms with Crippen LogP contribution >= 0.6 is 0 Å². The van der Waals surface area contributed by atoms with Crippen molar-refractivity contribution in [3.8, 4) is 0 Å². The Hall–Kier alpha value is -2.08. The fourth-order valence-electron chi connectivity index (χ4n) is 3.38. The lowest BCUT2D eigenvalue weighted by Gasteiger charge is -2.33. The zero-order chi connectivity index (χ0) is 19.3. The second kappa shape index (κ2) is 8.54. The maximum atomic E-state index is 12.8. The molecule has 0 spiro atoms. The number of benzene rings is 1. The highest BCUT2D eigenvalue weighted by molar-refractivity contribution is 5.72. The minimum Gasteiger partial charge on any atom is -0.469 e. The fraction of sp³-hybridized carbons (Fsp3) is 0.600. The molecule has 0 radical (unpaired) electrons. The van der Waals surface area contributed by atoms with Crippen LogP contribution in [0.3, 0.4) is 0 Å². The number of esters is 1. The molecule has 2 atom stereocenters. The molecule has 1 heterocycles. The molecule has 26 heavy (non-hydrogen) atoms. The monoisotopic (exact) mass is 363 g/mol. The topological polar surface area (TPSA) is 65.1 Å². The number of methoxy groups -OCH3 is 1. The number of carbonyl (C=O) groups is 2. The Morgan fingerprint density at radius 2 is 1.88 bits per heavy atom. The summed E-state index contributed by atoms with van der Waals surface area (Å²) in [5.74, 6) is -0.0128. The van der Waals surface area contributed by atoms with Gasteiger partial charge in [-0.1, -0.05) is 44.2 Å². The van der Waals surface area contributed by atoms with E-state index in [4.69, 9.17) is 14.2 Å². The van der Waals surface area contributed by atoms with E-state index in [1.54, 1.807) is 4.90 Å². The van der Waals surface area contributed by atoms with Gasteiger partial charge in [0.25, 0.3) is 0 Å². The van der Waals surface area contributed by atoms with Crippen LogP contribution in [0.4, 0.5) is 4.79 Å². The smallest absolute Gasteiger partial charge is 0.412 e. The summed E-state index contributed by atoms with van der Waals surface area (Å²) in [5, 5.41) is 0. The Morgan fingerprint density at radius 3 is 2.46 bits per heavy atom. The van der Waals surface area contributed by atoms with E-state index in [0.29, 0.717) is 12.3 Å². The van der Waals surface area contributed by atoms with E-state index in [-0.39, 0.29) is 25.0 Å². The van der Waals surface area contributed by atoms with E-state index in [1.165, 1.54) is 7.11 Å². The predicted octanol–water partition coefficient (Wildman–Crippen LogP) is 3.74. The highest BCUT2D eigenvalue weighted by Gasteiger charge is 2.51. The largest absolute Gasteiger partial charge is 0.469 e. The van der Waals surface area contributed by atoms with Gasteiger partial charge in [-0.05, 0) is 31.7 Å². The third-order valence-corrected chi connectivity index (χ3v) is 4.49. The molecule has 2 rings (SSSR count). The summed E-state index contributed by atoms with van der Waals surface area (Å²) in [4.78, 5) is 26.2. The Labute approximate surface area is 155 Å². The third-order valence-electron chi connectivity index (χ3n) is 4.49. The van der Waals surface area contributed by atoms with Gasteiger partial charge in [0.1, 0.15) is 12.3 Å². The zero-order valence-corrected chi connectivity index (χ0v) is 16.2. The average Bonchev–Trinajstić information content (AvgIpc) is 2.82. The first kappa shape index (κ1) is 20.2. The second-order valence-electron chi connectivity index (χ2n) is 7.49. The molecule has 1 fully saturated rings. The number of ether oxygens (including phenoxy) is 3. The zero-order valence-electron chi connectivity index (χ0n) is 16.2. The maximum absolute atomic E-state index is 12.8. The van der Waals surface area contributed by atoms with E-state index in [1.807, 2.05) is 44.2 Å². The molecular weight excluding hydrogens is 334 g/mol. The van der Waals surface area contributed by atoms with Crippen molar-refractivity contribution in [1.82, 2.24) is 4.90 Å². The van der Waals surface area contributed by atoms with Crippen LogP contribution in [0.15, 0.2) is 30.3 Å². The van der Waals surface area contributed by atoms with Gasteiger partial charge in [-0.3, -0.25) is 9.69 Å². The van der Waals surface area contributed by atoms with E-state index in [0.717, 1.165) is 5.56 Å². The molecule has 0 bridgehead atoms. The summed E-state index contributed by atoms with van der Waals surface area (Å²) in [5.41, 5.74) is 0.0664. The minimum atomic E-state index is -0.855. The summed E-state index contributed by atoms with van der Waals surface area (Å²) in [6, 6.07) is 9.29. The standard InChI is InChI=1S/C20H29NO5/c1-14(2)11-16-17(12-18(22)24-5)26-20(3,4)21(16)19(23)25-13-15-9-7-6-8-10-15/h6-10,14,16-17H,11-13H2,1-5H3/t16-,17-/m0/s1. The molecule has 6 heteroatoms. The number of hydrogen-bond acceptors (Lipinski definition) is 5. The highest BCUT2D eigenvalue weighted by Crippen LogP contribution is 2.37. The minimum absolute atomic E-state index is 0.111. The number of rotatable bonds is 6. The molecule has 1 aromatic rings. The van der Waals surface area contributed by atoms with Crippen molar-refractivity contribution in [2.75, 3.05) is 7.11 Å². The van der Waals surface area contributed by atoms with Crippen LogP contribution in [0, 0.1) is 5.92 Å². The van der Waals surface area contributed by atoms with Crippen LogP contribution in [0.25, 0.3) is 0 Å². The molecule has 1 aliphatic rings. The summed E-state index contributed by atoms with van der Waals surface area (Å²) in [7, 11) is 1.35. The number of carbonyl (C=O) groups excluding carboxylic acids is 2. The fourth-order valence-corrected chi connectivity index (χ4v) is 3.38. The molecule has 0 unspecified atom stereocenters. The van der Waals surface area contributed by atoms with E-state index < -0.39 is 17.9 Å². The summed E-state index contributed by atoms with van der Waals surface area (Å²) >= 11 is 0. The van der Waals surface area contributed by atoms with Crippen molar-refractivity contribution in [1.29, 1.82) is 0 Å². The molecule has 1 aromatic carbocycles. The van der Waals surface area contributed by atoms with Gasteiger partial charge in [0.05, 0.1) is 25.7 Å². The van der Waals surface area contributed by atoms with Gasteiger partial charge >= 0.3 is 12.1 Å². The Balaban J connectivity index is 2.15. The Kier molecular flexibility index (Phi) is 6.64. The van der Waals surface area contributed by atoms with Gasteiger partial charge in [0, 0.05) is 0 Å². The first-order valence-electron chi connectivity index (χ1n) is 8.99. The molecule has 0 N–H and O–H groups in total. The van der Waals surface area contributed by atoms with Crippen LogP contribution in [0.5, 0.6) is 0 Å². The van der Waals surface area contributed by atoms with Crippen molar-refractivity contribution < 1.29 is 23.8 Å². The van der Waals surface area contributed by atoms with Crippen LogP contribution < -0.4 is 0 Å². The van der Waals surface area contributed by atoms with Gasteiger partial charge in [0.2, 0.25) is 0 Å². The van der Waals surface area contributed by atoms with Gasteiger partial charge in [-0.25, -0.2) is 4.79 Å². The van der Waals surface area contributed by atoms with Crippen LogP contribution in [0.2, 0.25) is 0 Å².